The average Bonchev–Trinajstić information content (AvgIpc) is 2.68. The molecule has 4 nitrogen and oxygen atoms in total. The zero-order valence-corrected chi connectivity index (χ0v) is 13.1. The molecule has 0 N–H and O–H groups in total. The first kappa shape index (κ1) is 14.4. The number of piperidine rings is 1. The van der Waals surface area contributed by atoms with Crippen molar-refractivity contribution in [1.82, 2.24) is 4.90 Å². The Labute approximate surface area is 123 Å². The van der Waals surface area contributed by atoms with Crippen LogP contribution < -0.4 is 0 Å². The molecular weight excluding hydrogens is 330 g/mol. The van der Waals surface area contributed by atoms with E-state index in [4.69, 9.17) is 0 Å². The van der Waals surface area contributed by atoms with Crippen LogP contribution in [-0.2, 0) is 9.59 Å². The molecule has 0 unspecified atom stereocenters. The van der Waals surface area contributed by atoms with Gasteiger partial charge in [-0.05, 0) is 32.8 Å². The summed E-state index contributed by atoms with van der Waals surface area (Å²) in [5.41, 5.74) is -0.308. The fraction of sp³-hybridized carbons (Fsp3) is 0.462. The lowest BCUT2D eigenvalue weighted by molar-refractivity contribution is -0.151. The lowest BCUT2D eigenvalue weighted by Gasteiger charge is -2.34. The van der Waals surface area contributed by atoms with Gasteiger partial charge in [-0.15, -0.1) is 11.3 Å². The molecule has 0 bridgehead atoms. The Kier molecular flexibility index (Phi) is 3.92. The minimum Gasteiger partial charge on any atom is -0.291 e. The number of carbonyl (C=O) groups excluding carboxylic acids is 3. The zero-order chi connectivity index (χ0) is 14.2. The van der Waals surface area contributed by atoms with Gasteiger partial charge >= 0.3 is 0 Å². The van der Waals surface area contributed by atoms with Crippen molar-refractivity contribution >= 4 is 44.9 Å². The van der Waals surface area contributed by atoms with Gasteiger partial charge in [0.05, 0.1) is 11.4 Å². The molecule has 1 aliphatic heterocycles. The van der Waals surface area contributed by atoms with Crippen LogP contribution in [0.5, 0.6) is 0 Å². The SMILES string of the molecule is CC1(C)CC(=O)N(CC(=O)c2sccc2Br)C(=O)C1. The Hall–Kier alpha value is -1.01. The van der Waals surface area contributed by atoms with Gasteiger partial charge in [-0.1, -0.05) is 13.8 Å². The summed E-state index contributed by atoms with van der Waals surface area (Å²) in [4.78, 5) is 37.6. The van der Waals surface area contributed by atoms with Crippen molar-refractivity contribution in [3.05, 3.63) is 20.8 Å². The smallest absolute Gasteiger partial charge is 0.230 e. The summed E-state index contributed by atoms with van der Waals surface area (Å²) in [5, 5.41) is 1.79. The number of imide groups is 1. The van der Waals surface area contributed by atoms with Gasteiger partial charge in [0.1, 0.15) is 0 Å². The molecule has 0 aliphatic carbocycles. The number of nitrogens with zero attached hydrogens (tertiary/aromatic N) is 1. The molecule has 6 heteroatoms. The van der Waals surface area contributed by atoms with Crippen LogP contribution in [0.25, 0.3) is 0 Å². The second-order valence-corrected chi connectivity index (χ2v) is 7.18. The quantitative estimate of drug-likeness (QED) is 0.626. The van der Waals surface area contributed by atoms with Crippen LogP contribution in [-0.4, -0.2) is 29.0 Å². The Morgan fingerprint density at radius 2 is 1.95 bits per heavy atom. The highest BCUT2D eigenvalue weighted by Gasteiger charge is 2.38. The maximum atomic E-state index is 12.1. The first-order valence-corrected chi connectivity index (χ1v) is 7.57. The molecule has 0 saturated carbocycles. The van der Waals surface area contributed by atoms with Gasteiger partial charge in [0.25, 0.3) is 0 Å². The molecule has 102 valence electrons. The number of ketones is 1. The molecule has 19 heavy (non-hydrogen) atoms. The summed E-state index contributed by atoms with van der Waals surface area (Å²) >= 11 is 4.58. The largest absolute Gasteiger partial charge is 0.291 e. The van der Waals surface area contributed by atoms with E-state index in [1.54, 1.807) is 11.4 Å². The van der Waals surface area contributed by atoms with E-state index in [0.29, 0.717) is 22.2 Å². The Balaban J connectivity index is 2.12. The van der Waals surface area contributed by atoms with Gasteiger partial charge in [-0.2, -0.15) is 0 Å². The highest BCUT2D eigenvalue weighted by molar-refractivity contribution is 9.10. The number of carbonyl (C=O) groups is 3. The first-order chi connectivity index (χ1) is 8.80. The normalized spacial score (nSPS) is 18.8. The van der Waals surface area contributed by atoms with E-state index in [2.05, 4.69) is 15.9 Å². The Morgan fingerprint density at radius 3 is 2.42 bits per heavy atom. The fourth-order valence-electron chi connectivity index (χ4n) is 2.10. The van der Waals surface area contributed by atoms with Crippen molar-refractivity contribution in [1.29, 1.82) is 0 Å². The van der Waals surface area contributed by atoms with Gasteiger partial charge < -0.3 is 0 Å². The van der Waals surface area contributed by atoms with Crippen LogP contribution in [0, 0.1) is 5.41 Å². The number of amides is 2. The zero-order valence-electron chi connectivity index (χ0n) is 10.7. The van der Waals surface area contributed by atoms with Gasteiger partial charge in [0.15, 0.2) is 5.78 Å². The highest BCUT2D eigenvalue weighted by atomic mass is 79.9. The summed E-state index contributed by atoms with van der Waals surface area (Å²) in [7, 11) is 0. The fourth-order valence-corrected chi connectivity index (χ4v) is 3.62. The second-order valence-electron chi connectivity index (χ2n) is 5.41. The number of Topliss-reactive ketones (excluding diaryl/α,β-unsaturated/α-hetero) is 1. The van der Waals surface area contributed by atoms with E-state index < -0.39 is 0 Å². The third-order valence-corrected chi connectivity index (χ3v) is 4.91. The lowest BCUT2D eigenvalue weighted by atomic mass is 9.81. The predicted molar refractivity (Wildman–Crippen MR) is 76.1 cm³/mol. The van der Waals surface area contributed by atoms with Gasteiger partial charge in [0.2, 0.25) is 11.8 Å². The number of likely N-dealkylation sites (tertiary alicyclic amines) is 1. The first-order valence-electron chi connectivity index (χ1n) is 5.89. The van der Waals surface area contributed by atoms with Crippen LogP contribution >= 0.6 is 27.3 Å². The molecule has 1 saturated heterocycles. The summed E-state index contributed by atoms with van der Waals surface area (Å²) in [6.07, 6.45) is 0.606. The lowest BCUT2D eigenvalue weighted by Crippen LogP contribution is -2.48. The predicted octanol–water partition coefficient (Wildman–Crippen LogP) is 2.87. The average molecular weight is 344 g/mol. The van der Waals surface area contributed by atoms with E-state index >= 15 is 0 Å². The summed E-state index contributed by atoms with van der Waals surface area (Å²) in [6, 6.07) is 1.78. The summed E-state index contributed by atoms with van der Waals surface area (Å²) in [6.45, 7) is 3.61. The van der Waals surface area contributed by atoms with Crippen LogP contribution in [0.4, 0.5) is 0 Å². The third-order valence-electron chi connectivity index (χ3n) is 3.03. The second kappa shape index (κ2) is 5.17. The molecule has 0 atom stereocenters. The summed E-state index contributed by atoms with van der Waals surface area (Å²) < 4.78 is 0.708. The molecule has 0 radical (unpaired) electrons. The monoisotopic (exact) mass is 343 g/mol. The molecule has 1 aromatic rings. The number of halogens is 1. The standard InChI is InChI=1S/C13H14BrNO3S/c1-13(2)5-10(17)15(11(18)6-13)7-9(16)12-8(14)3-4-19-12/h3-4H,5-7H2,1-2H3. The van der Waals surface area contributed by atoms with E-state index in [0.717, 1.165) is 4.90 Å². The molecule has 1 aliphatic rings. The Morgan fingerprint density at radius 1 is 1.37 bits per heavy atom. The van der Waals surface area contributed by atoms with E-state index in [-0.39, 0.29) is 29.6 Å². The van der Waals surface area contributed by atoms with Crippen LogP contribution in [0.2, 0.25) is 0 Å². The number of hydrogen-bond acceptors (Lipinski definition) is 4. The van der Waals surface area contributed by atoms with Crippen LogP contribution in [0.1, 0.15) is 36.4 Å². The maximum absolute atomic E-state index is 12.1. The highest BCUT2D eigenvalue weighted by Crippen LogP contribution is 2.32. The molecule has 2 rings (SSSR count). The van der Waals surface area contributed by atoms with Crippen molar-refractivity contribution in [2.45, 2.75) is 26.7 Å². The summed E-state index contributed by atoms with van der Waals surface area (Å²) in [5.74, 6) is -0.729. The van der Waals surface area contributed by atoms with Gasteiger partial charge in [0, 0.05) is 17.3 Å². The minimum atomic E-state index is -0.308. The number of hydrogen-bond donors (Lipinski definition) is 0. The van der Waals surface area contributed by atoms with Crippen LogP contribution in [0.3, 0.4) is 0 Å². The molecule has 2 heterocycles. The van der Waals surface area contributed by atoms with E-state index in [1.807, 2.05) is 13.8 Å². The van der Waals surface area contributed by atoms with Gasteiger partial charge in [-0.25, -0.2) is 0 Å². The van der Waals surface area contributed by atoms with Crippen molar-refractivity contribution in [2.24, 2.45) is 5.41 Å². The molecule has 0 spiro atoms. The van der Waals surface area contributed by atoms with Crippen LogP contribution in [0.15, 0.2) is 15.9 Å². The molecule has 2 amide bonds. The molecule has 0 aromatic carbocycles. The van der Waals surface area contributed by atoms with Crippen molar-refractivity contribution in [3.63, 3.8) is 0 Å². The van der Waals surface area contributed by atoms with Crippen molar-refractivity contribution < 1.29 is 14.4 Å². The third kappa shape index (κ3) is 3.12. The Bertz CT molecular complexity index is 530. The molecular formula is C13H14BrNO3S. The molecule has 1 aromatic heterocycles. The van der Waals surface area contributed by atoms with Crippen molar-refractivity contribution in [3.8, 4) is 0 Å². The minimum absolute atomic E-state index is 0.160. The van der Waals surface area contributed by atoms with E-state index in [9.17, 15) is 14.4 Å². The van der Waals surface area contributed by atoms with Gasteiger partial charge in [-0.3, -0.25) is 19.3 Å². The van der Waals surface area contributed by atoms with E-state index in [1.165, 1.54) is 11.3 Å². The topological polar surface area (TPSA) is 54.5 Å². The van der Waals surface area contributed by atoms with Crippen molar-refractivity contribution in [2.75, 3.05) is 6.54 Å². The molecule has 1 fully saturated rings. The maximum Gasteiger partial charge on any atom is 0.230 e. The number of rotatable bonds is 3. The number of thiophene rings is 1.